The molecule has 0 atom stereocenters. The van der Waals surface area contributed by atoms with Crippen molar-refractivity contribution in [3.8, 4) is 6.07 Å². The molecule has 3 rings (SSSR count). The molecule has 2 aromatic rings. The van der Waals surface area contributed by atoms with E-state index in [2.05, 4.69) is 9.62 Å². The lowest BCUT2D eigenvalue weighted by Gasteiger charge is -2.28. The lowest BCUT2D eigenvalue weighted by Crippen LogP contribution is -2.29. The molecule has 0 aliphatic carbocycles. The van der Waals surface area contributed by atoms with Gasteiger partial charge in [-0.2, -0.15) is 5.26 Å². The fourth-order valence-electron chi connectivity index (χ4n) is 2.82. The van der Waals surface area contributed by atoms with Crippen molar-refractivity contribution in [3.05, 3.63) is 54.1 Å². The number of nitrogens with zero attached hydrogens (tertiary/aromatic N) is 2. The molecule has 0 amide bonds. The second-order valence-electron chi connectivity index (χ2n) is 5.84. The standard InChI is InChI=1S/C18H19N3O2S/c19-14-15-4-10-18(11-5-15)24(22,23)20-16-6-8-17(9-7-16)21-12-2-1-3-13-21/h4-11,20H,1-3,12-13H2. The number of hydrogen-bond donors (Lipinski definition) is 1. The van der Waals surface area contributed by atoms with Gasteiger partial charge in [-0.05, 0) is 67.8 Å². The molecule has 24 heavy (non-hydrogen) atoms. The summed E-state index contributed by atoms with van der Waals surface area (Å²) in [6.07, 6.45) is 3.68. The highest BCUT2D eigenvalue weighted by Gasteiger charge is 2.15. The molecular weight excluding hydrogens is 322 g/mol. The Kier molecular flexibility index (Phi) is 4.72. The summed E-state index contributed by atoms with van der Waals surface area (Å²) >= 11 is 0. The summed E-state index contributed by atoms with van der Waals surface area (Å²) in [5, 5.41) is 8.78. The molecule has 5 nitrogen and oxygen atoms in total. The van der Waals surface area contributed by atoms with Gasteiger partial charge in [0, 0.05) is 24.5 Å². The van der Waals surface area contributed by atoms with E-state index in [1.165, 1.54) is 43.5 Å². The third kappa shape index (κ3) is 3.69. The molecule has 6 heteroatoms. The van der Waals surface area contributed by atoms with Gasteiger partial charge in [-0.25, -0.2) is 8.42 Å². The Morgan fingerprint density at radius 2 is 1.54 bits per heavy atom. The Hall–Kier alpha value is -2.52. The highest BCUT2D eigenvalue weighted by molar-refractivity contribution is 7.92. The van der Waals surface area contributed by atoms with Gasteiger partial charge in [0.05, 0.1) is 16.5 Å². The summed E-state index contributed by atoms with van der Waals surface area (Å²) in [5.74, 6) is 0. The number of nitrogens with one attached hydrogen (secondary N) is 1. The van der Waals surface area contributed by atoms with Crippen LogP contribution < -0.4 is 9.62 Å². The van der Waals surface area contributed by atoms with Crippen LogP contribution in [-0.2, 0) is 10.0 Å². The van der Waals surface area contributed by atoms with E-state index < -0.39 is 10.0 Å². The lowest BCUT2D eigenvalue weighted by atomic mass is 10.1. The zero-order valence-electron chi connectivity index (χ0n) is 13.3. The van der Waals surface area contributed by atoms with E-state index in [0.717, 1.165) is 18.8 Å². The maximum atomic E-state index is 12.4. The summed E-state index contributed by atoms with van der Waals surface area (Å²) in [5.41, 5.74) is 2.08. The van der Waals surface area contributed by atoms with E-state index in [0.29, 0.717) is 11.3 Å². The van der Waals surface area contributed by atoms with Crippen LogP contribution in [0, 0.1) is 11.3 Å². The number of benzene rings is 2. The number of sulfonamides is 1. The van der Waals surface area contributed by atoms with Gasteiger partial charge in [-0.15, -0.1) is 0 Å². The number of nitriles is 1. The fourth-order valence-corrected chi connectivity index (χ4v) is 3.87. The monoisotopic (exact) mass is 341 g/mol. The van der Waals surface area contributed by atoms with Gasteiger partial charge < -0.3 is 4.90 Å². The van der Waals surface area contributed by atoms with Crippen LogP contribution in [-0.4, -0.2) is 21.5 Å². The van der Waals surface area contributed by atoms with Crippen molar-refractivity contribution in [1.82, 2.24) is 0 Å². The average Bonchev–Trinajstić information content (AvgIpc) is 2.63. The maximum absolute atomic E-state index is 12.4. The maximum Gasteiger partial charge on any atom is 0.261 e. The lowest BCUT2D eigenvalue weighted by molar-refractivity contribution is 0.578. The molecule has 124 valence electrons. The summed E-state index contributed by atoms with van der Waals surface area (Å²) in [4.78, 5) is 2.46. The minimum absolute atomic E-state index is 0.140. The first-order valence-electron chi connectivity index (χ1n) is 7.96. The zero-order chi connectivity index (χ0) is 17.0. The first kappa shape index (κ1) is 16.3. The first-order chi connectivity index (χ1) is 11.6. The Morgan fingerprint density at radius 1 is 0.917 bits per heavy atom. The van der Waals surface area contributed by atoms with Crippen LogP contribution in [0.2, 0.25) is 0 Å². The number of piperidine rings is 1. The van der Waals surface area contributed by atoms with Crippen molar-refractivity contribution >= 4 is 21.4 Å². The molecule has 1 aliphatic heterocycles. The van der Waals surface area contributed by atoms with Crippen molar-refractivity contribution in [1.29, 1.82) is 5.26 Å². The van der Waals surface area contributed by atoms with E-state index >= 15 is 0 Å². The van der Waals surface area contributed by atoms with Gasteiger partial charge in [0.1, 0.15) is 0 Å². The van der Waals surface area contributed by atoms with Crippen LogP contribution in [0.4, 0.5) is 11.4 Å². The largest absolute Gasteiger partial charge is 0.372 e. The van der Waals surface area contributed by atoms with Gasteiger partial charge in [-0.1, -0.05) is 0 Å². The zero-order valence-corrected chi connectivity index (χ0v) is 14.1. The summed E-state index contributed by atoms with van der Waals surface area (Å²) in [6, 6.07) is 15.3. The topological polar surface area (TPSA) is 73.2 Å². The van der Waals surface area contributed by atoms with Crippen LogP contribution in [0.1, 0.15) is 24.8 Å². The van der Waals surface area contributed by atoms with Crippen LogP contribution in [0.5, 0.6) is 0 Å². The van der Waals surface area contributed by atoms with E-state index in [-0.39, 0.29) is 4.90 Å². The molecule has 1 saturated heterocycles. The van der Waals surface area contributed by atoms with E-state index in [9.17, 15) is 8.42 Å². The first-order valence-corrected chi connectivity index (χ1v) is 9.45. The normalized spacial score (nSPS) is 14.9. The third-order valence-corrected chi connectivity index (χ3v) is 5.53. The van der Waals surface area contributed by atoms with Crippen molar-refractivity contribution in [2.75, 3.05) is 22.7 Å². The van der Waals surface area contributed by atoms with E-state index in [4.69, 9.17) is 5.26 Å². The highest BCUT2D eigenvalue weighted by Crippen LogP contribution is 2.23. The van der Waals surface area contributed by atoms with Crippen molar-refractivity contribution in [3.63, 3.8) is 0 Å². The van der Waals surface area contributed by atoms with Crippen molar-refractivity contribution in [2.45, 2.75) is 24.2 Å². The number of anilines is 2. The molecule has 0 spiro atoms. The van der Waals surface area contributed by atoms with Gasteiger partial charge in [0.25, 0.3) is 10.0 Å². The quantitative estimate of drug-likeness (QED) is 0.925. The minimum atomic E-state index is -3.65. The number of rotatable bonds is 4. The Labute approximate surface area is 142 Å². The van der Waals surface area contributed by atoms with Crippen molar-refractivity contribution in [2.24, 2.45) is 0 Å². The molecule has 0 unspecified atom stereocenters. The molecule has 0 saturated carbocycles. The highest BCUT2D eigenvalue weighted by atomic mass is 32.2. The molecular formula is C18H19N3O2S. The molecule has 1 aliphatic rings. The second-order valence-corrected chi connectivity index (χ2v) is 7.52. The van der Waals surface area contributed by atoms with Gasteiger partial charge in [0.15, 0.2) is 0 Å². The fraction of sp³-hybridized carbons (Fsp3) is 0.278. The Morgan fingerprint density at radius 3 is 2.12 bits per heavy atom. The third-order valence-electron chi connectivity index (χ3n) is 4.13. The molecule has 0 radical (unpaired) electrons. The SMILES string of the molecule is N#Cc1ccc(S(=O)(=O)Nc2ccc(N3CCCCC3)cc2)cc1. The summed E-state index contributed by atoms with van der Waals surface area (Å²) in [6.45, 7) is 2.10. The predicted molar refractivity (Wildman–Crippen MR) is 94.5 cm³/mol. The van der Waals surface area contributed by atoms with Gasteiger partial charge in [-0.3, -0.25) is 4.72 Å². The van der Waals surface area contributed by atoms with Crippen LogP contribution in [0.25, 0.3) is 0 Å². The molecule has 1 heterocycles. The molecule has 2 aromatic carbocycles. The Balaban J connectivity index is 1.73. The van der Waals surface area contributed by atoms with Crippen LogP contribution in [0.3, 0.4) is 0 Å². The van der Waals surface area contributed by atoms with Crippen molar-refractivity contribution < 1.29 is 8.42 Å². The smallest absolute Gasteiger partial charge is 0.261 e. The molecule has 0 aromatic heterocycles. The van der Waals surface area contributed by atoms with E-state index in [1.54, 1.807) is 12.1 Å². The second kappa shape index (κ2) is 6.93. The van der Waals surface area contributed by atoms with Crippen LogP contribution >= 0.6 is 0 Å². The molecule has 1 N–H and O–H groups in total. The average molecular weight is 341 g/mol. The summed E-state index contributed by atoms with van der Waals surface area (Å²) in [7, 11) is -3.65. The number of hydrogen-bond acceptors (Lipinski definition) is 4. The minimum Gasteiger partial charge on any atom is -0.372 e. The molecule has 1 fully saturated rings. The van der Waals surface area contributed by atoms with Gasteiger partial charge in [0.2, 0.25) is 0 Å². The summed E-state index contributed by atoms with van der Waals surface area (Å²) < 4.78 is 27.3. The Bertz CT molecular complexity index is 831. The molecule has 0 bridgehead atoms. The van der Waals surface area contributed by atoms with Gasteiger partial charge >= 0.3 is 0 Å². The predicted octanol–water partition coefficient (Wildman–Crippen LogP) is 3.35. The van der Waals surface area contributed by atoms with Crippen LogP contribution in [0.15, 0.2) is 53.4 Å². The van der Waals surface area contributed by atoms with E-state index in [1.807, 2.05) is 18.2 Å².